The van der Waals surface area contributed by atoms with Gasteiger partial charge in [0.25, 0.3) is 0 Å². The lowest BCUT2D eigenvalue weighted by Crippen LogP contribution is -2.19. The van der Waals surface area contributed by atoms with Crippen LogP contribution in [0, 0.1) is 6.92 Å². The molecule has 6 rings (SSSR count). The van der Waals surface area contributed by atoms with E-state index < -0.39 is 0 Å². The summed E-state index contributed by atoms with van der Waals surface area (Å²) in [6, 6.07) is 35.8. The predicted molar refractivity (Wildman–Crippen MR) is 169 cm³/mol. The molecule has 0 fully saturated rings. The van der Waals surface area contributed by atoms with Crippen molar-refractivity contribution in [3.8, 4) is 22.6 Å². The molecule has 3 N–H and O–H groups in total. The van der Waals surface area contributed by atoms with Gasteiger partial charge in [0.2, 0.25) is 0 Å². The third-order valence-corrected chi connectivity index (χ3v) is 7.21. The molecule has 0 aromatic heterocycles. The summed E-state index contributed by atoms with van der Waals surface area (Å²) in [5.74, 6) is 0.475. The van der Waals surface area contributed by atoms with Crippen molar-refractivity contribution in [1.82, 2.24) is 0 Å². The van der Waals surface area contributed by atoms with Crippen molar-refractivity contribution >= 4 is 45.2 Å². The van der Waals surface area contributed by atoms with E-state index in [1.807, 2.05) is 116 Å². The number of aromatic hydroxyl groups is 1. The maximum Gasteiger partial charge on any atom is 0.323 e. The smallest absolute Gasteiger partial charge is 0.323 e. The Bertz CT molecular complexity index is 1950. The summed E-state index contributed by atoms with van der Waals surface area (Å²) in [5, 5.41) is 20.5. The highest BCUT2D eigenvalue weighted by Crippen LogP contribution is 2.46. The zero-order valence-electron chi connectivity index (χ0n) is 22.9. The van der Waals surface area contributed by atoms with Gasteiger partial charge < -0.3 is 20.5 Å². The van der Waals surface area contributed by atoms with Crippen LogP contribution in [0.2, 0.25) is 0 Å². The standard InChI is InChI=1S/C36H28N2O4/c1-23-13-16-28(17-14-23)37-36(41)38-29-10-6-7-24(19-29)22-42-32-18-15-25-8-2-4-11-30(25)33(32)34-31-12-5-3-9-26(31)20-27(21-39)35(34)40/h2-21,40H,22H2,1H3,(H2,37,38,41). The first kappa shape index (κ1) is 26.6. The number of nitrogens with one attached hydrogen (secondary N) is 2. The maximum absolute atomic E-state index is 12.6. The molecule has 2 amide bonds. The summed E-state index contributed by atoms with van der Waals surface area (Å²) >= 11 is 0. The Morgan fingerprint density at radius 3 is 2.19 bits per heavy atom. The van der Waals surface area contributed by atoms with Crippen molar-refractivity contribution in [2.24, 2.45) is 0 Å². The second-order valence-corrected chi connectivity index (χ2v) is 10.1. The fraction of sp³-hybridized carbons (Fsp3) is 0.0556. The fourth-order valence-corrected chi connectivity index (χ4v) is 5.16. The number of hydrogen-bond acceptors (Lipinski definition) is 4. The van der Waals surface area contributed by atoms with Crippen LogP contribution in [0.25, 0.3) is 32.7 Å². The zero-order valence-corrected chi connectivity index (χ0v) is 22.9. The van der Waals surface area contributed by atoms with Gasteiger partial charge in [0.15, 0.2) is 6.29 Å². The zero-order chi connectivity index (χ0) is 29.1. The van der Waals surface area contributed by atoms with E-state index in [-0.39, 0.29) is 24.0 Å². The van der Waals surface area contributed by atoms with Crippen LogP contribution in [0.1, 0.15) is 21.5 Å². The molecule has 0 atom stereocenters. The Hall–Kier alpha value is -5.62. The van der Waals surface area contributed by atoms with Gasteiger partial charge in [-0.25, -0.2) is 4.79 Å². The number of phenolic OH excluding ortho intramolecular Hbond substituents is 1. The number of aryl methyl sites for hydroxylation is 1. The fourth-order valence-electron chi connectivity index (χ4n) is 5.16. The number of carbonyl (C=O) groups excluding carboxylic acids is 2. The van der Waals surface area contributed by atoms with Gasteiger partial charge in [-0.2, -0.15) is 0 Å². The summed E-state index contributed by atoms with van der Waals surface area (Å²) < 4.78 is 6.40. The van der Waals surface area contributed by atoms with Crippen molar-refractivity contribution in [3.05, 3.63) is 132 Å². The number of phenols is 1. The van der Waals surface area contributed by atoms with Crippen LogP contribution in [0.4, 0.5) is 16.2 Å². The molecular weight excluding hydrogens is 524 g/mol. The lowest BCUT2D eigenvalue weighted by molar-refractivity contribution is 0.112. The summed E-state index contributed by atoms with van der Waals surface area (Å²) in [5.41, 5.74) is 4.76. The molecule has 0 heterocycles. The van der Waals surface area contributed by atoms with Crippen molar-refractivity contribution in [3.63, 3.8) is 0 Å². The minimum atomic E-state index is -0.342. The average Bonchev–Trinajstić information content (AvgIpc) is 3.01. The van der Waals surface area contributed by atoms with E-state index in [2.05, 4.69) is 10.6 Å². The van der Waals surface area contributed by atoms with E-state index >= 15 is 0 Å². The van der Waals surface area contributed by atoms with E-state index in [4.69, 9.17) is 4.74 Å². The second kappa shape index (κ2) is 11.5. The van der Waals surface area contributed by atoms with E-state index in [9.17, 15) is 14.7 Å². The summed E-state index contributed by atoms with van der Waals surface area (Å²) in [6.07, 6.45) is 0.671. The molecule has 0 saturated carbocycles. The van der Waals surface area contributed by atoms with E-state index in [0.29, 0.717) is 34.5 Å². The number of carbonyl (C=O) groups is 2. The summed E-state index contributed by atoms with van der Waals surface area (Å²) in [6.45, 7) is 2.21. The Morgan fingerprint density at radius 2 is 1.43 bits per heavy atom. The van der Waals surface area contributed by atoms with Crippen LogP contribution >= 0.6 is 0 Å². The number of benzene rings is 6. The minimum Gasteiger partial charge on any atom is -0.507 e. The van der Waals surface area contributed by atoms with Crippen LogP contribution in [-0.2, 0) is 6.61 Å². The monoisotopic (exact) mass is 552 g/mol. The number of ether oxygens (including phenoxy) is 1. The Labute approximate surface area is 243 Å². The molecule has 0 aliphatic rings. The van der Waals surface area contributed by atoms with Crippen LogP contribution in [0.15, 0.2) is 115 Å². The Balaban J connectivity index is 1.33. The molecule has 206 valence electrons. The number of fused-ring (bicyclic) bond motifs is 2. The van der Waals surface area contributed by atoms with E-state index in [1.165, 1.54) is 0 Å². The predicted octanol–water partition coefficient (Wildman–Crippen LogP) is 8.71. The van der Waals surface area contributed by atoms with Gasteiger partial charge in [-0.05, 0) is 70.4 Å². The lowest BCUT2D eigenvalue weighted by Gasteiger charge is -2.18. The highest BCUT2D eigenvalue weighted by Gasteiger charge is 2.20. The number of urea groups is 1. The first-order chi connectivity index (χ1) is 20.5. The molecule has 6 aromatic rings. The van der Waals surface area contributed by atoms with Gasteiger partial charge in [-0.1, -0.05) is 84.4 Å². The van der Waals surface area contributed by atoms with Crippen molar-refractivity contribution in [1.29, 1.82) is 0 Å². The van der Waals surface area contributed by atoms with E-state index in [0.717, 1.165) is 32.7 Å². The summed E-state index contributed by atoms with van der Waals surface area (Å²) in [4.78, 5) is 24.5. The third kappa shape index (κ3) is 5.38. The first-order valence-corrected chi connectivity index (χ1v) is 13.6. The highest BCUT2D eigenvalue weighted by molar-refractivity contribution is 6.12. The topological polar surface area (TPSA) is 87.7 Å². The van der Waals surface area contributed by atoms with Crippen molar-refractivity contribution < 1.29 is 19.4 Å². The molecule has 0 spiro atoms. The van der Waals surface area contributed by atoms with Gasteiger partial charge in [0.05, 0.1) is 5.56 Å². The van der Waals surface area contributed by atoms with Crippen molar-refractivity contribution in [2.75, 3.05) is 10.6 Å². The van der Waals surface area contributed by atoms with Crippen LogP contribution in [-0.4, -0.2) is 17.4 Å². The molecule has 6 nitrogen and oxygen atoms in total. The minimum absolute atomic E-state index is 0.0873. The van der Waals surface area contributed by atoms with Crippen LogP contribution < -0.4 is 15.4 Å². The third-order valence-electron chi connectivity index (χ3n) is 7.21. The maximum atomic E-state index is 12.6. The van der Waals surface area contributed by atoms with Crippen LogP contribution in [0.3, 0.4) is 0 Å². The molecule has 6 heteroatoms. The quantitative estimate of drug-likeness (QED) is 0.173. The van der Waals surface area contributed by atoms with Gasteiger partial charge in [0.1, 0.15) is 18.1 Å². The molecule has 6 aromatic carbocycles. The average molecular weight is 553 g/mol. The number of hydrogen-bond donors (Lipinski definition) is 3. The molecule has 42 heavy (non-hydrogen) atoms. The molecule has 0 saturated heterocycles. The number of amides is 2. The Kier molecular flexibility index (Phi) is 7.26. The lowest BCUT2D eigenvalue weighted by atomic mass is 9.90. The van der Waals surface area contributed by atoms with Gasteiger partial charge >= 0.3 is 6.03 Å². The number of rotatable bonds is 7. The molecule has 0 aliphatic heterocycles. The SMILES string of the molecule is Cc1ccc(NC(=O)Nc2cccc(COc3ccc4ccccc4c3-c3c(O)c(C=O)cc4ccccc34)c2)cc1. The largest absolute Gasteiger partial charge is 0.507 e. The molecular formula is C36H28N2O4. The normalized spacial score (nSPS) is 10.9. The number of anilines is 2. The molecule has 0 unspecified atom stereocenters. The van der Waals surface area contributed by atoms with Gasteiger partial charge in [-0.15, -0.1) is 0 Å². The molecule has 0 aliphatic carbocycles. The van der Waals surface area contributed by atoms with Gasteiger partial charge in [-0.3, -0.25) is 4.79 Å². The van der Waals surface area contributed by atoms with E-state index in [1.54, 1.807) is 6.07 Å². The molecule has 0 radical (unpaired) electrons. The Morgan fingerprint density at radius 1 is 0.738 bits per heavy atom. The summed E-state index contributed by atoms with van der Waals surface area (Å²) in [7, 11) is 0. The number of aldehydes is 1. The van der Waals surface area contributed by atoms with Crippen LogP contribution in [0.5, 0.6) is 11.5 Å². The second-order valence-electron chi connectivity index (χ2n) is 10.1. The first-order valence-electron chi connectivity index (χ1n) is 13.6. The van der Waals surface area contributed by atoms with Gasteiger partial charge in [0, 0.05) is 22.5 Å². The molecule has 0 bridgehead atoms. The highest BCUT2D eigenvalue weighted by atomic mass is 16.5. The van der Waals surface area contributed by atoms with Crippen molar-refractivity contribution in [2.45, 2.75) is 13.5 Å².